The van der Waals surface area contributed by atoms with Gasteiger partial charge in [0.2, 0.25) is 5.91 Å². The molecular weight excluding hydrogens is 386 g/mol. The van der Waals surface area contributed by atoms with Crippen molar-refractivity contribution in [3.8, 4) is 0 Å². The summed E-state index contributed by atoms with van der Waals surface area (Å²) in [5, 5.41) is 5.15. The van der Waals surface area contributed by atoms with E-state index in [0.29, 0.717) is 22.7 Å². The third-order valence-electron chi connectivity index (χ3n) is 4.83. The average molecular weight is 406 g/mol. The van der Waals surface area contributed by atoms with Gasteiger partial charge in [-0.05, 0) is 35.7 Å². The highest BCUT2D eigenvalue weighted by atomic mass is 35.5. The molecule has 29 heavy (non-hydrogen) atoms. The molecule has 0 saturated carbocycles. The second-order valence-electron chi connectivity index (χ2n) is 6.84. The van der Waals surface area contributed by atoms with Gasteiger partial charge in [0, 0.05) is 17.1 Å². The van der Waals surface area contributed by atoms with Crippen LogP contribution in [0.4, 0.5) is 5.69 Å². The number of fused-ring (bicyclic) bond motifs is 1. The number of hydrogen-bond acceptors (Lipinski definition) is 3. The SMILES string of the molecule is O=C(CCc1ccccc1)NN1C(=O)c2cc(Cl)ccc2NC1c1ccccc1. The van der Waals surface area contributed by atoms with Gasteiger partial charge in [-0.15, -0.1) is 0 Å². The summed E-state index contributed by atoms with van der Waals surface area (Å²) in [6.07, 6.45) is 0.358. The Morgan fingerprint density at radius 3 is 2.41 bits per heavy atom. The maximum atomic E-state index is 13.2. The molecule has 0 spiro atoms. The Morgan fingerprint density at radius 2 is 1.69 bits per heavy atom. The molecule has 1 unspecified atom stereocenters. The highest BCUT2D eigenvalue weighted by Crippen LogP contribution is 2.33. The first-order valence-corrected chi connectivity index (χ1v) is 9.77. The van der Waals surface area contributed by atoms with Crippen LogP contribution in [0.5, 0.6) is 0 Å². The van der Waals surface area contributed by atoms with Crippen LogP contribution in [0.2, 0.25) is 5.02 Å². The van der Waals surface area contributed by atoms with Crippen molar-refractivity contribution in [2.45, 2.75) is 19.0 Å². The molecule has 5 nitrogen and oxygen atoms in total. The standard InChI is InChI=1S/C23H20ClN3O2/c24-18-12-13-20-19(15-18)23(29)27(22(25-20)17-9-5-2-6-10-17)26-21(28)14-11-16-7-3-1-4-8-16/h1-10,12-13,15,22,25H,11,14H2,(H,26,28). The first kappa shape index (κ1) is 19.0. The lowest BCUT2D eigenvalue weighted by Gasteiger charge is -2.37. The van der Waals surface area contributed by atoms with Crippen LogP contribution in [0.1, 0.15) is 34.1 Å². The Balaban J connectivity index is 1.57. The van der Waals surface area contributed by atoms with Gasteiger partial charge in [0.1, 0.15) is 6.17 Å². The van der Waals surface area contributed by atoms with Gasteiger partial charge < -0.3 is 5.32 Å². The highest BCUT2D eigenvalue weighted by molar-refractivity contribution is 6.31. The first-order chi connectivity index (χ1) is 14.1. The molecule has 6 heteroatoms. The fourth-order valence-electron chi connectivity index (χ4n) is 3.35. The van der Waals surface area contributed by atoms with E-state index in [1.165, 1.54) is 5.01 Å². The van der Waals surface area contributed by atoms with Gasteiger partial charge in [0.15, 0.2) is 0 Å². The molecule has 2 amide bonds. The molecule has 0 saturated heterocycles. The Morgan fingerprint density at radius 1 is 1.00 bits per heavy atom. The largest absolute Gasteiger partial charge is 0.359 e. The van der Waals surface area contributed by atoms with Crippen LogP contribution in [0, 0.1) is 0 Å². The molecule has 3 aromatic rings. The number of anilines is 1. The van der Waals surface area contributed by atoms with Gasteiger partial charge in [-0.1, -0.05) is 72.3 Å². The predicted molar refractivity (Wildman–Crippen MR) is 113 cm³/mol. The van der Waals surface area contributed by atoms with E-state index in [2.05, 4.69) is 10.7 Å². The molecule has 1 heterocycles. The molecule has 2 N–H and O–H groups in total. The van der Waals surface area contributed by atoms with Crippen LogP contribution in [0.15, 0.2) is 78.9 Å². The Bertz CT molecular complexity index is 1020. The second kappa shape index (κ2) is 8.37. The molecule has 1 aliphatic heterocycles. The van der Waals surface area contributed by atoms with Crippen molar-refractivity contribution in [2.24, 2.45) is 0 Å². The molecule has 146 valence electrons. The molecule has 4 rings (SSSR count). The van der Waals surface area contributed by atoms with Gasteiger partial charge in [-0.3, -0.25) is 15.0 Å². The Hall–Kier alpha value is -3.31. The molecule has 0 radical (unpaired) electrons. The van der Waals surface area contributed by atoms with E-state index in [9.17, 15) is 9.59 Å². The smallest absolute Gasteiger partial charge is 0.276 e. The van der Waals surface area contributed by atoms with E-state index < -0.39 is 6.17 Å². The number of benzene rings is 3. The quantitative estimate of drug-likeness (QED) is 0.653. The molecule has 3 aromatic carbocycles. The summed E-state index contributed by atoms with van der Waals surface area (Å²) in [7, 11) is 0. The van der Waals surface area contributed by atoms with E-state index in [-0.39, 0.29) is 18.2 Å². The zero-order valence-corrected chi connectivity index (χ0v) is 16.4. The van der Waals surface area contributed by atoms with Crippen molar-refractivity contribution in [1.29, 1.82) is 0 Å². The Labute approximate surface area is 174 Å². The number of nitrogens with zero attached hydrogens (tertiary/aromatic N) is 1. The summed E-state index contributed by atoms with van der Waals surface area (Å²) >= 11 is 6.08. The second-order valence-corrected chi connectivity index (χ2v) is 7.28. The number of aryl methyl sites for hydroxylation is 1. The molecule has 0 aromatic heterocycles. The van der Waals surface area contributed by atoms with Gasteiger partial charge in [-0.25, -0.2) is 5.01 Å². The number of carbonyl (C=O) groups is 2. The minimum Gasteiger partial charge on any atom is -0.359 e. The van der Waals surface area contributed by atoms with Crippen molar-refractivity contribution in [3.63, 3.8) is 0 Å². The fraction of sp³-hybridized carbons (Fsp3) is 0.130. The minimum atomic E-state index is -0.516. The molecule has 0 fully saturated rings. The average Bonchev–Trinajstić information content (AvgIpc) is 2.76. The predicted octanol–water partition coefficient (Wildman–Crippen LogP) is 4.57. The van der Waals surface area contributed by atoms with Crippen LogP contribution in [-0.4, -0.2) is 16.8 Å². The lowest BCUT2D eigenvalue weighted by molar-refractivity contribution is -0.125. The molecule has 0 aliphatic carbocycles. The lowest BCUT2D eigenvalue weighted by Crippen LogP contribution is -2.52. The van der Waals surface area contributed by atoms with Crippen LogP contribution in [0.25, 0.3) is 0 Å². The van der Waals surface area contributed by atoms with E-state index in [1.54, 1.807) is 18.2 Å². The third kappa shape index (κ3) is 4.25. The first-order valence-electron chi connectivity index (χ1n) is 9.40. The van der Waals surface area contributed by atoms with Gasteiger partial charge in [-0.2, -0.15) is 0 Å². The maximum absolute atomic E-state index is 13.2. The summed E-state index contributed by atoms with van der Waals surface area (Å²) in [6.45, 7) is 0. The normalized spacial score (nSPS) is 15.4. The molecular formula is C23H20ClN3O2. The number of nitrogens with one attached hydrogen (secondary N) is 2. The number of rotatable bonds is 5. The molecule has 0 bridgehead atoms. The maximum Gasteiger partial charge on any atom is 0.276 e. The summed E-state index contributed by atoms with van der Waals surface area (Å²) in [6, 6.07) is 24.4. The zero-order chi connectivity index (χ0) is 20.2. The number of hydrogen-bond donors (Lipinski definition) is 2. The number of hydrazine groups is 1. The van der Waals surface area contributed by atoms with Crippen LogP contribution < -0.4 is 10.7 Å². The van der Waals surface area contributed by atoms with Gasteiger partial charge in [0.25, 0.3) is 5.91 Å². The topological polar surface area (TPSA) is 61.4 Å². The summed E-state index contributed by atoms with van der Waals surface area (Å²) in [5.41, 5.74) is 5.83. The van der Waals surface area contributed by atoms with Crippen molar-refractivity contribution in [2.75, 3.05) is 5.32 Å². The van der Waals surface area contributed by atoms with Crippen molar-refractivity contribution < 1.29 is 9.59 Å². The fourth-order valence-corrected chi connectivity index (χ4v) is 3.53. The van der Waals surface area contributed by atoms with Crippen molar-refractivity contribution in [1.82, 2.24) is 10.4 Å². The Kier molecular flexibility index (Phi) is 5.49. The van der Waals surface area contributed by atoms with Gasteiger partial charge >= 0.3 is 0 Å². The number of carbonyl (C=O) groups excluding carboxylic acids is 2. The van der Waals surface area contributed by atoms with E-state index in [1.807, 2.05) is 60.7 Å². The van der Waals surface area contributed by atoms with E-state index >= 15 is 0 Å². The van der Waals surface area contributed by atoms with E-state index in [4.69, 9.17) is 11.6 Å². The summed E-state index contributed by atoms with van der Waals surface area (Å²) in [5.74, 6) is -0.529. The van der Waals surface area contributed by atoms with Crippen LogP contribution >= 0.6 is 11.6 Å². The molecule has 1 atom stereocenters. The molecule has 1 aliphatic rings. The van der Waals surface area contributed by atoms with E-state index in [0.717, 1.165) is 11.1 Å². The monoisotopic (exact) mass is 405 g/mol. The highest BCUT2D eigenvalue weighted by Gasteiger charge is 2.34. The van der Waals surface area contributed by atoms with Crippen molar-refractivity contribution >= 4 is 29.1 Å². The van der Waals surface area contributed by atoms with Crippen LogP contribution in [-0.2, 0) is 11.2 Å². The zero-order valence-electron chi connectivity index (χ0n) is 15.6. The minimum absolute atomic E-state index is 0.226. The van der Waals surface area contributed by atoms with Crippen LogP contribution in [0.3, 0.4) is 0 Å². The number of halogens is 1. The summed E-state index contributed by atoms with van der Waals surface area (Å²) in [4.78, 5) is 25.8. The number of amides is 2. The van der Waals surface area contributed by atoms with Crippen molar-refractivity contribution in [3.05, 3.63) is 101 Å². The van der Waals surface area contributed by atoms with Gasteiger partial charge in [0.05, 0.1) is 5.56 Å². The lowest BCUT2D eigenvalue weighted by atomic mass is 10.0. The summed E-state index contributed by atoms with van der Waals surface area (Å²) < 4.78 is 0. The third-order valence-corrected chi connectivity index (χ3v) is 5.06.